The molecule has 1 unspecified atom stereocenters. The number of amides is 3. The monoisotopic (exact) mass is 277 g/mol. The molecule has 1 fully saturated rings. The maximum Gasteiger partial charge on any atom is 0.324 e. The Morgan fingerprint density at radius 1 is 1.35 bits per heavy atom. The fraction of sp³-hybridized carbons (Fsp3) is 0.429. The van der Waals surface area contributed by atoms with E-state index in [2.05, 4.69) is 5.32 Å². The fourth-order valence-electron chi connectivity index (χ4n) is 1.97. The van der Waals surface area contributed by atoms with E-state index >= 15 is 0 Å². The lowest BCUT2D eigenvalue weighted by molar-refractivity contribution is -0.125. The Bertz CT molecular complexity index is 471. The summed E-state index contributed by atoms with van der Waals surface area (Å²) in [6, 6.07) is 6.62. The average Bonchev–Trinajstić information content (AvgIpc) is 2.77. The number of imide groups is 1. The molecule has 1 saturated heterocycles. The number of ether oxygens (including phenoxy) is 1. The van der Waals surface area contributed by atoms with Gasteiger partial charge in [-0.15, -0.1) is 0 Å². The second kappa shape index (κ2) is 6.38. The zero-order valence-electron chi connectivity index (χ0n) is 11.5. The molecule has 6 nitrogen and oxygen atoms in total. The van der Waals surface area contributed by atoms with Crippen molar-refractivity contribution in [2.24, 2.45) is 5.73 Å². The summed E-state index contributed by atoms with van der Waals surface area (Å²) in [5.41, 5.74) is 6.90. The number of nitrogens with two attached hydrogens (primary N) is 1. The van der Waals surface area contributed by atoms with Crippen molar-refractivity contribution in [1.29, 1.82) is 0 Å². The summed E-state index contributed by atoms with van der Waals surface area (Å²) in [7, 11) is 0. The first-order valence-electron chi connectivity index (χ1n) is 6.68. The number of nitrogens with zero attached hydrogens (tertiary/aromatic N) is 1. The van der Waals surface area contributed by atoms with Gasteiger partial charge in [-0.1, -0.05) is 19.1 Å². The Kier molecular flexibility index (Phi) is 4.57. The summed E-state index contributed by atoms with van der Waals surface area (Å²) >= 11 is 0. The molecule has 20 heavy (non-hydrogen) atoms. The van der Waals surface area contributed by atoms with Crippen LogP contribution < -0.4 is 15.8 Å². The minimum absolute atomic E-state index is 0.0509. The van der Waals surface area contributed by atoms with Crippen molar-refractivity contribution in [2.45, 2.75) is 19.4 Å². The van der Waals surface area contributed by atoms with Crippen LogP contribution in [0.2, 0.25) is 0 Å². The smallest absolute Gasteiger partial charge is 0.324 e. The van der Waals surface area contributed by atoms with E-state index in [1.807, 2.05) is 31.2 Å². The first-order valence-corrected chi connectivity index (χ1v) is 6.68. The van der Waals surface area contributed by atoms with Gasteiger partial charge in [-0.05, 0) is 24.1 Å². The van der Waals surface area contributed by atoms with Crippen molar-refractivity contribution in [3.63, 3.8) is 0 Å². The van der Waals surface area contributed by atoms with Crippen molar-refractivity contribution in [2.75, 3.05) is 19.7 Å². The molecule has 3 N–H and O–H groups in total. The first-order chi connectivity index (χ1) is 9.61. The van der Waals surface area contributed by atoms with Gasteiger partial charge in [-0.2, -0.15) is 0 Å². The predicted octanol–water partition coefficient (Wildman–Crippen LogP) is 1.03. The molecule has 1 atom stereocenters. The molecule has 0 aliphatic carbocycles. The number of hydrogen-bond donors (Lipinski definition) is 2. The third-order valence-corrected chi connectivity index (χ3v) is 3.10. The molecule has 1 aliphatic rings. The Morgan fingerprint density at radius 2 is 2.05 bits per heavy atom. The SMILES string of the molecule is CCCOc1ccc(C(N)CN2C(=O)CNC2=O)cc1. The van der Waals surface area contributed by atoms with Gasteiger partial charge in [0.15, 0.2) is 0 Å². The van der Waals surface area contributed by atoms with Crippen LogP contribution in [0.25, 0.3) is 0 Å². The van der Waals surface area contributed by atoms with Crippen LogP contribution in [0.1, 0.15) is 24.9 Å². The Labute approximate surface area is 117 Å². The lowest BCUT2D eigenvalue weighted by atomic mass is 10.1. The highest BCUT2D eigenvalue weighted by Gasteiger charge is 2.29. The van der Waals surface area contributed by atoms with Gasteiger partial charge >= 0.3 is 6.03 Å². The largest absolute Gasteiger partial charge is 0.494 e. The summed E-state index contributed by atoms with van der Waals surface area (Å²) in [5, 5.41) is 2.47. The van der Waals surface area contributed by atoms with Crippen LogP contribution in [0.3, 0.4) is 0 Å². The topological polar surface area (TPSA) is 84.7 Å². The number of carbonyl (C=O) groups is 2. The standard InChI is InChI=1S/C14H19N3O3/c1-2-7-20-11-5-3-10(4-6-11)12(15)9-17-13(18)8-16-14(17)19/h3-6,12H,2,7-9,15H2,1H3,(H,16,19). The van der Waals surface area contributed by atoms with E-state index in [4.69, 9.17) is 10.5 Å². The first kappa shape index (κ1) is 14.3. The van der Waals surface area contributed by atoms with E-state index in [0.717, 1.165) is 22.6 Å². The quantitative estimate of drug-likeness (QED) is 0.760. The molecule has 1 aliphatic heterocycles. The number of hydrogen-bond acceptors (Lipinski definition) is 4. The highest BCUT2D eigenvalue weighted by molar-refractivity contribution is 6.01. The zero-order chi connectivity index (χ0) is 14.5. The van der Waals surface area contributed by atoms with Gasteiger partial charge in [-0.25, -0.2) is 4.79 Å². The number of carbonyl (C=O) groups excluding carboxylic acids is 2. The third kappa shape index (κ3) is 3.27. The van der Waals surface area contributed by atoms with Crippen molar-refractivity contribution in [3.05, 3.63) is 29.8 Å². The van der Waals surface area contributed by atoms with E-state index in [1.54, 1.807) is 0 Å². The van der Waals surface area contributed by atoms with Crippen LogP contribution in [-0.2, 0) is 4.79 Å². The normalized spacial score (nSPS) is 16.2. The lowest BCUT2D eigenvalue weighted by Crippen LogP contribution is -2.37. The van der Waals surface area contributed by atoms with Crippen molar-refractivity contribution in [1.82, 2.24) is 10.2 Å². The van der Waals surface area contributed by atoms with Crippen LogP contribution >= 0.6 is 0 Å². The van der Waals surface area contributed by atoms with Crippen LogP contribution in [0.15, 0.2) is 24.3 Å². The van der Waals surface area contributed by atoms with Gasteiger partial charge in [0.1, 0.15) is 5.75 Å². The zero-order valence-corrected chi connectivity index (χ0v) is 11.5. The Balaban J connectivity index is 1.96. The maximum absolute atomic E-state index is 11.5. The van der Waals surface area contributed by atoms with Crippen LogP contribution in [-0.4, -0.2) is 36.5 Å². The Morgan fingerprint density at radius 3 is 2.60 bits per heavy atom. The summed E-state index contributed by atoms with van der Waals surface area (Å²) < 4.78 is 5.49. The number of benzene rings is 1. The summed E-state index contributed by atoms with van der Waals surface area (Å²) in [6.45, 7) is 2.95. The van der Waals surface area contributed by atoms with Crippen molar-refractivity contribution in [3.8, 4) is 5.75 Å². The number of urea groups is 1. The van der Waals surface area contributed by atoms with Crippen molar-refractivity contribution >= 4 is 11.9 Å². The van der Waals surface area contributed by atoms with Gasteiger partial charge in [0.2, 0.25) is 5.91 Å². The molecular weight excluding hydrogens is 258 g/mol. The second-order valence-electron chi connectivity index (χ2n) is 4.69. The second-order valence-corrected chi connectivity index (χ2v) is 4.69. The Hall–Kier alpha value is -2.08. The van der Waals surface area contributed by atoms with E-state index in [0.29, 0.717) is 6.61 Å². The molecule has 6 heteroatoms. The molecule has 0 bridgehead atoms. The van der Waals surface area contributed by atoms with Gasteiger partial charge in [-0.3, -0.25) is 9.69 Å². The summed E-state index contributed by atoms with van der Waals surface area (Å²) in [4.78, 5) is 24.1. The average molecular weight is 277 g/mol. The molecule has 108 valence electrons. The van der Waals surface area contributed by atoms with E-state index in [1.165, 1.54) is 0 Å². The van der Waals surface area contributed by atoms with Gasteiger partial charge in [0.05, 0.1) is 13.2 Å². The van der Waals surface area contributed by atoms with E-state index < -0.39 is 6.04 Å². The minimum atomic E-state index is -0.400. The van der Waals surface area contributed by atoms with Gasteiger partial charge < -0.3 is 15.8 Å². The molecule has 0 aromatic heterocycles. The van der Waals surface area contributed by atoms with Crippen LogP contribution in [0.5, 0.6) is 5.75 Å². The fourth-order valence-corrected chi connectivity index (χ4v) is 1.97. The van der Waals surface area contributed by atoms with Gasteiger partial charge in [0, 0.05) is 12.6 Å². The number of nitrogens with one attached hydrogen (secondary N) is 1. The molecule has 1 aromatic rings. The molecule has 0 saturated carbocycles. The molecule has 1 heterocycles. The molecule has 2 rings (SSSR count). The minimum Gasteiger partial charge on any atom is -0.494 e. The maximum atomic E-state index is 11.5. The van der Waals surface area contributed by atoms with E-state index in [-0.39, 0.29) is 25.0 Å². The van der Waals surface area contributed by atoms with Crippen LogP contribution in [0, 0.1) is 0 Å². The lowest BCUT2D eigenvalue weighted by Gasteiger charge is -2.18. The molecule has 0 radical (unpaired) electrons. The predicted molar refractivity (Wildman–Crippen MR) is 74.3 cm³/mol. The van der Waals surface area contributed by atoms with E-state index in [9.17, 15) is 9.59 Å². The highest BCUT2D eigenvalue weighted by atomic mass is 16.5. The summed E-state index contributed by atoms with van der Waals surface area (Å²) in [5.74, 6) is 0.547. The molecule has 0 spiro atoms. The number of rotatable bonds is 6. The third-order valence-electron chi connectivity index (χ3n) is 3.10. The highest BCUT2D eigenvalue weighted by Crippen LogP contribution is 2.18. The van der Waals surface area contributed by atoms with Crippen molar-refractivity contribution < 1.29 is 14.3 Å². The molecule has 3 amide bonds. The molecule has 1 aromatic carbocycles. The molecular formula is C14H19N3O3. The van der Waals surface area contributed by atoms with Crippen LogP contribution in [0.4, 0.5) is 4.79 Å². The van der Waals surface area contributed by atoms with Gasteiger partial charge in [0.25, 0.3) is 0 Å². The summed E-state index contributed by atoms with van der Waals surface area (Å²) in [6.07, 6.45) is 0.952.